The van der Waals surface area contributed by atoms with Gasteiger partial charge in [-0.05, 0) is 62.0 Å². The van der Waals surface area contributed by atoms with Crippen LogP contribution in [0, 0.1) is 0 Å². The second-order valence-electron chi connectivity index (χ2n) is 10.4. The molecule has 13 heteroatoms. The Hall–Kier alpha value is -2.29. The van der Waals surface area contributed by atoms with Gasteiger partial charge in [-0.2, -0.15) is 4.31 Å². The summed E-state index contributed by atoms with van der Waals surface area (Å²) < 4.78 is 66.7. The maximum Gasteiger partial charge on any atom is 0.243 e. The van der Waals surface area contributed by atoms with Gasteiger partial charge in [0.1, 0.15) is 23.4 Å². The van der Waals surface area contributed by atoms with Crippen molar-refractivity contribution in [2.24, 2.45) is 0 Å². The molecule has 0 aliphatic carbocycles. The summed E-state index contributed by atoms with van der Waals surface area (Å²) in [5.74, 6) is 0.165. The predicted octanol–water partition coefficient (Wildman–Crippen LogP) is 2.74. The monoisotopic (exact) mass is 623 g/mol. The molecular weight excluding hydrogens is 590 g/mol. The number of nitrogens with zero attached hydrogens (tertiary/aromatic N) is 1. The minimum absolute atomic E-state index is 0.00463. The largest absolute Gasteiger partial charge is 0.489 e. The number of ether oxygens (including phenoxy) is 2. The summed E-state index contributed by atoms with van der Waals surface area (Å²) in [4.78, 5) is 0.254. The van der Waals surface area contributed by atoms with Crippen LogP contribution in [-0.4, -0.2) is 83.9 Å². The quantitative estimate of drug-likeness (QED) is 0.314. The van der Waals surface area contributed by atoms with Crippen LogP contribution in [0.25, 0.3) is 10.8 Å². The van der Waals surface area contributed by atoms with Crippen LogP contribution in [0.3, 0.4) is 0 Å². The van der Waals surface area contributed by atoms with Gasteiger partial charge in [-0.15, -0.1) is 0 Å². The summed E-state index contributed by atoms with van der Waals surface area (Å²) in [6.45, 7) is 1.31. The number of hydrogen-bond donors (Lipinski definition) is 3. The molecule has 1 unspecified atom stereocenters. The van der Waals surface area contributed by atoms with Gasteiger partial charge in [-0.25, -0.2) is 21.6 Å². The molecule has 0 radical (unpaired) electrons. The first kappa shape index (κ1) is 30.2. The van der Waals surface area contributed by atoms with Gasteiger partial charge in [0.05, 0.1) is 17.1 Å². The molecule has 3 N–H and O–H groups in total. The minimum atomic E-state index is -3.69. The molecule has 2 atom stereocenters. The van der Waals surface area contributed by atoms with Crippen molar-refractivity contribution in [1.82, 2.24) is 14.3 Å². The first-order chi connectivity index (χ1) is 19.5. The predicted molar refractivity (Wildman–Crippen MR) is 156 cm³/mol. The zero-order valence-corrected chi connectivity index (χ0v) is 25.0. The minimum Gasteiger partial charge on any atom is -0.489 e. The molecule has 2 aliphatic rings. The lowest BCUT2D eigenvalue weighted by molar-refractivity contribution is -0.0312. The van der Waals surface area contributed by atoms with E-state index in [0.717, 1.165) is 10.8 Å². The van der Waals surface area contributed by atoms with Crippen molar-refractivity contribution in [3.63, 3.8) is 0 Å². The number of sulfonamides is 2. The molecule has 2 fully saturated rings. The van der Waals surface area contributed by atoms with Crippen LogP contribution in [0.2, 0.25) is 5.02 Å². The molecule has 1 spiro atoms. The van der Waals surface area contributed by atoms with Gasteiger partial charge in [-0.3, -0.25) is 0 Å². The van der Waals surface area contributed by atoms with E-state index in [2.05, 4.69) is 10.0 Å². The molecule has 3 aromatic carbocycles. The van der Waals surface area contributed by atoms with E-state index < -0.39 is 31.8 Å². The van der Waals surface area contributed by atoms with Gasteiger partial charge >= 0.3 is 0 Å². The summed E-state index contributed by atoms with van der Waals surface area (Å²) in [5, 5.41) is 15.9. The van der Waals surface area contributed by atoms with E-state index in [9.17, 15) is 21.9 Å². The van der Waals surface area contributed by atoms with Gasteiger partial charge in [0, 0.05) is 36.1 Å². The van der Waals surface area contributed by atoms with E-state index in [1.807, 2.05) is 6.07 Å². The molecule has 0 aromatic heterocycles. The van der Waals surface area contributed by atoms with Gasteiger partial charge < -0.3 is 19.9 Å². The van der Waals surface area contributed by atoms with E-state index in [1.165, 1.54) is 17.4 Å². The Morgan fingerprint density at radius 3 is 2.61 bits per heavy atom. The third-order valence-electron chi connectivity index (χ3n) is 7.76. The summed E-state index contributed by atoms with van der Waals surface area (Å²) >= 11 is 6.24. The molecular formula is C28H34ClN3O7S2. The topological polar surface area (TPSA) is 134 Å². The number of para-hydroxylation sites is 1. The van der Waals surface area contributed by atoms with E-state index >= 15 is 0 Å². The fourth-order valence-corrected chi connectivity index (χ4v) is 8.03. The molecule has 2 heterocycles. The van der Waals surface area contributed by atoms with Crippen molar-refractivity contribution < 1.29 is 31.4 Å². The Kier molecular flexibility index (Phi) is 8.93. The number of hydrogen-bond acceptors (Lipinski definition) is 8. The van der Waals surface area contributed by atoms with Crippen LogP contribution in [0.4, 0.5) is 0 Å². The zero-order valence-electron chi connectivity index (χ0n) is 22.6. The molecule has 2 saturated heterocycles. The second kappa shape index (κ2) is 12.1. The Labute approximate surface area is 245 Å². The van der Waals surface area contributed by atoms with Crippen molar-refractivity contribution in [1.29, 1.82) is 0 Å². The molecule has 5 rings (SSSR count). The lowest BCUT2D eigenvalue weighted by Gasteiger charge is -2.38. The van der Waals surface area contributed by atoms with Gasteiger partial charge in [0.15, 0.2) is 0 Å². The molecule has 10 nitrogen and oxygen atoms in total. The maximum atomic E-state index is 13.4. The maximum absolute atomic E-state index is 13.4. The lowest BCUT2D eigenvalue weighted by atomic mass is 9.88. The first-order valence-corrected chi connectivity index (χ1v) is 16.7. The number of rotatable bonds is 10. The van der Waals surface area contributed by atoms with Crippen molar-refractivity contribution in [3.05, 3.63) is 65.7 Å². The standard InChI is InChI=1S/C28H34ClN3O7S2/c1-30-40(34,35)27-8-3-2-7-26(27)38-19-22(33)17-31-21-16-28(39-18-21)11-13-32(14-12-28)41(36,37)23-9-10-24-20(15-23)5-4-6-25(24)29/h2-10,15,21-22,30-31,33H,11-14,16-19H2,1H3/t21?,22-/m0/s1. The number of fused-ring (bicyclic) bond motifs is 1. The highest BCUT2D eigenvalue weighted by atomic mass is 35.5. The van der Waals surface area contributed by atoms with Gasteiger partial charge in [0.2, 0.25) is 20.0 Å². The lowest BCUT2D eigenvalue weighted by Crippen LogP contribution is -2.47. The van der Waals surface area contributed by atoms with E-state index in [-0.39, 0.29) is 34.7 Å². The fourth-order valence-electron chi connectivity index (χ4n) is 5.44. The molecule has 41 heavy (non-hydrogen) atoms. The third kappa shape index (κ3) is 6.55. The van der Waals surface area contributed by atoms with Gasteiger partial charge in [-0.1, -0.05) is 41.9 Å². The Morgan fingerprint density at radius 1 is 1.10 bits per heavy atom. The molecule has 0 saturated carbocycles. The van der Waals surface area contributed by atoms with Crippen molar-refractivity contribution >= 4 is 42.4 Å². The number of halogens is 1. The Morgan fingerprint density at radius 2 is 1.85 bits per heavy atom. The number of piperidine rings is 1. The fraction of sp³-hybridized carbons (Fsp3) is 0.429. The number of aliphatic hydroxyl groups is 1. The summed E-state index contributed by atoms with van der Waals surface area (Å²) in [7, 11) is -6.03. The van der Waals surface area contributed by atoms with Crippen LogP contribution >= 0.6 is 11.6 Å². The summed E-state index contributed by atoms with van der Waals surface area (Å²) in [5.41, 5.74) is -0.414. The molecule has 0 bridgehead atoms. The average molecular weight is 624 g/mol. The average Bonchev–Trinajstić information content (AvgIpc) is 3.37. The summed E-state index contributed by atoms with van der Waals surface area (Å²) in [6, 6.07) is 16.7. The van der Waals surface area contributed by atoms with Crippen LogP contribution in [0.15, 0.2) is 70.5 Å². The number of benzene rings is 3. The highest BCUT2D eigenvalue weighted by Crippen LogP contribution is 2.38. The highest BCUT2D eigenvalue weighted by Gasteiger charge is 2.44. The third-order valence-corrected chi connectivity index (χ3v) is 11.4. The Balaban J connectivity index is 1.11. The first-order valence-electron chi connectivity index (χ1n) is 13.4. The molecule has 3 aromatic rings. The molecule has 222 valence electrons. The highest BCUT2D eigenvalue weighted by molar-refractivity contribution is 7.89. The van der Waals surface area contributed by atoms with Crippen molar-refractivity contribution in [2.45, 2.75) is 46.8 Å². The van der Waals surface area contributed by atoms with Crippen LogP contribution in [0.1, 0.15) is 19.3 Å². The van der Waals surface area contributed by atoms with Gasteiger partial charge in [0.25, 0.3) is 0 Å². The molecule has 0 amide bonds. The molecule has 2 aliphatic heterocycles. The number of nitrogens with one attached hydrogen (secondary N) is 2. The summed E-state index contributed by atoms with van der Waals surface area (Å²) in [6.07, 6.45) is 0.977. The van der Waals surface area contributed by atoms with E-state index in [4.69, 9.17) is 21.1 Å². The van der Waals surface area contributed by atoms with Crippen LogP contribution in [-0.2, 0) is 24.8 Å². The van der Waals surface area contributed by atoms with Crippen LogP contribution < -0.4 is 14.8 Å². The second-order valence-corrected chi connectivity index (χ2v) is 14.6. The Bertz CT molecular complexity index is 1610. The zero-order chi connectivity index (χ0) is 29.3. The SMILES string of the molecule is CNS(=O)(=O)c1ccccc1OC[C@@H](O)CNC1COC2(CCN(S(=O)(=O)c3ccc4c(Cl)cccc4c3)CC2)C1. The smallest absolute Gasteiger partial charge is 0.243 e. The number of aliphatic hydroxyl groups excluding tert-OH is 1. The van der Waals surface area contributed by atoms with E-state index in [0.29, 0.717) is 44.0 Å². The van der Waals surface area contributed by atoms with E-state index in [1.54, 1.807) is 48.5 Å². The van der Waals surface area contributed by atoms with Crippen molar-refractivity contribution in [3.8, 4) is 5.75 Å². The van der Waals surface area contributed by atoms with Crippen LogP contribution in [0.5, 0.6) is 5.75 Å². The normalized spacial score (nSPS) is 20.4. The van der Waals surface area contributed by atoms with Crippen molar-refractivity contribution in [2.75, 3.05) is 39.9 Å².